The molecule has 0 radical (unpaired) electrons. The van der Waals surface area contributed by atoms with Crippen molar-refractivity contribution in [3.63, 3.8) is 0 Å². The molecule has 9 heteroatoms. The molecule has 0 saturated carbocycles. The Kier molecular flexibility index (Phi) is 7.43. The van der Waals surface area contributed by atoms with Gasteiger partial charge in [-0.2, -0.15) is 0 Å². The molecule has 3 N–H and O–H groups in total. The fourth-order valence-corrected chi connectivity index (χ4v) is 3.16. The number of nitrogens with zero attached hydrogens (tertiary/aromatic N) is 2. The molecule has 0 saturated heterocycles. The van der Waals surface area contributed by atoms with Crippen LogP contribution in [0.4, 0.5) is 5.82 Å². The van der Waals surface area contributed by atoms with Gasteiger partial charge in [-0.25, -0.2) is 14.8 Å². The average molecular weight is 438 g/mol. The Labute approximate surface area is 185 Å². The standard InChI is InChI=1S/C23H26N4O5/c1-14-21(25-15(2)32-14)22(28)27-19(23(29)30)13-16-7-9-18(10-8-16)31-12-11-17-5-4-6-20(24-3)26-17/h4-10,19H,11-13H2,1-3H3,(H,24,26)(H,27,28)(H,29,30)/t19-/m0/s1. The zero-order valence-corrected chi connectivity index (χ0v) is 18.2. The topological polar surface area (TPSA) is 127 Å². The maximum Gasteiger partial charge on any atom is 0.326 e. The number of aliphatic carboxylic acids is 1. The van der Waals surface area contributed by atoms with Gasteiger partial charge in [0.2, 0.25) is 0 Å². The summed E-state index contributed by atoms with van der Waals surface area (Å²) in [6.07, 6.45) is 0.781. The second kappa shape index (κ2) is 10.4. The van der Waals surface area contributed by atoms with Crippen LogP contribution >= 0.6 is 0 Å². The molecule has 0 unspecified atom stereocenters. The first-order valence-corrected chi connectivity index (χ1v) is 10.2. The smallest absolute Gasteiger partial charge is 0.326 e. The van der Waals surface area contributed by atoms with Crippen LogP contribution in [0.15, 0.2) is 46.9 Å². The van der Waals surface area contributed by atoms with Gasteiger partial charge in [-0.3, -0.25) is 4.79 Å². The number of carboxylic acid groups (broad SMARTS) is 1. The third-order valence-electron chi connectivity index (χ3n) is 4.78. The minimum Gasteiger partial charge on any atom is -0.493 e. The lowest BCUT2D eigenvalue weighted by molar-refractivity contribution is -0.139. The van der Waals surface area contributed by atoms with Gasteiger partial charge in [-0.1, -0.05) is 18.2 Å². The van der Waals surface area contributed by atoms with Gasteiger partial charge in [-0.15, -0.1) is 0 Å². The monoisotopic (exact) mass is 438 g/mol. The first-order chi connectivity index (χ1) is 15.4. The van der Waals surface area contributed by atoms with Crippen LogP contribution in [-0.4, -0.2) is 46.6 Å². The summed E-state index contributed by atoms with van der Waals surface area (Å²) in [5, 5.41) is 15.0. The molecule has 0 aliphatic rings. The number of carbonyl (C=O) groups excluding carboxylic acids is 1. The zero-order chi connectivity index (χ0) is 23.1. The molecule has 0 aliphatic carbocycles. The predicted octanol–water partition coefficient (Wildman–Crippen LogP) is 2.78. The van der Waals surface area contributed by atoms with E-state index in [9.17, 15) is 14.7 Å². The second-order valence-corrected chi connectivity index (χ2v) is 7.21. The van der Waals surface area contributed by atoms with Crippen molar-refractivity contribution in [3.8, 4) is 5.75 Å². The number of pyridine rings is 1. The van der Waals surface area contributed by atoms with Crippen molar-refractivity contribution in [2.75, 3.05) is 19.0 Å². The van der Waals surface area contributed by atoms with E-state index < -0.39 is 17.9 Å². The lowest BCUT2D eigenvalue weighted by Gasteiger charge is -2.14. The van der Waals surface area contributed by atoms with Crippen LogP contribution in [0.2, 0.25) is 0 Å². The van der Waals surface area contributed by atoms with Crippen molar-refractivity contribution in [2.24, 2.45) is 0 Å². The van der Waals surface area contributed by atoms with Crippen LogP contribution in [0.3, 0.4) is 0 Å². The van der Waals surface area contributed by atoms with Gasteiger partial charge >= 0.3 is 5.97 Å². The third kappa shape index (κ3) is 6.07. The van der Waals surface area contributed by atoms with Crippen LogP contribution in [0, 0.1) is 13.8 Å². The molecule has 3 aromatic rings. The molecule has 1 amide bonds. The fourth-order valence-electron chi connectivity index (χ4n) is 3.16. The Hall–Kier alpha value is -3.88. The highest BCUT2D eigenvalue weighted by molar-refractivity contribution is 5.95. The lowest BCUT2D eigenvalue weighted by Crippen LogP contribution is -2.42. The van der Waals surface area contributed by atoms with E-state index in [1.807, 2.05) is 25.2 Å². The molecule has 0 bridgehead atoms. The molecule has 0 aliphatic heterocycles. The second-order valence-electron chi connectivity index (χ2n) is 7.21. The Balaban J connectivity index is 1.55. The molecule has 168 valence electrons. The number of nitrogens with one attached hydrogen (secondary N) is 2. The number of carbonyl (C=O) groups is 2. The molecule has 0 fully saturated rings. The number of aryl methyl sites for hydroxylation is 2. The summed E-state index contributed by atoms with van der Waals surface area (Å²) in [6, 6.07) is 11.8. The molecular formula is C23H26N4O5. The largest absolute Gasteiger partial charge is 0.493 e. The quantitative estimate of drug-likeness (QED) is 0.441. The maximum atomic E-state index is 12.4. The zero-order valence-electron chi connectivity index (χ0n) is 18.2. The highest BCUT2D eigenvalue weighted by Gasteiger charge is 2.24. The highest BCUT2D eigenvalue weighted by Crippen LogP contribution is 2.15. The Bertz CT molecular complexity index is 1080. The summed E-state index contributed by atoms with van der Waals surface area (Å²) in [5.74, 6) is 0.457. The molecule has 1 atom stereocenters. The minimum absolute atomic E-state index is 0.0900. The molecule has 3 rings (SSSR count). The van der Waals surface area contributed by atoms with Gasteiger partial charge in [0.15, 0.2) is 11.6 Å². The normalized spacial score (nSPS) is 11.6. The van der Waals surface area contributed by atoms with E-state index in [-0.39, 0.29) is 12.1 Å². The Morgan fingerprint density at radius 1 is 1.12 bits per heavy atom. The number of hydrogen-bond acceptors (Lipinski definition) is 7. The van der Waals surface area contributed by atoms with Crippen molar-refractivity contribution >= 4 is 17.7 Å². The molecular weight excluding hydrogens is 412 g/mol. The van der Waals surface area contributed by atoms with E-state index in [0.717, 1.165) is 17.1 Å². The Morgan fingerprint density at radius 2 is 1.88 bits per heavy atom. The van der Waals surface area contributed by atoms with Crippen molar-refractivity contribution in [2.45, 2.75) is 32.7 Å². The van der Waals surface area contributed by atoms with Gasteiger partial charge in [0.1, 0.15) is 23.4 Å². The number of benzene rings is 1. The van der Waals surface area contributed by atoms with Gasteiger partial charge < -0.3 is 24.9 Å². The SMILES string of the molecule is CNc1cccc(CCOc2ccc(C[C@H](NC(=O)c3nc(C)oc3C)C(=O)O)cc2)n1. The summed E-state index contributed by atoms with van der Waals surface area (Å²) in [6.45, 7) is 3.69. The van der Waals surface area contributed by atoms with Crippen LogP contribution in [-0.2, 0) is 17.6 Å². The Morgan fingerprint density at radius 3 is 2.50 bits per heavy atom. The summed E-state index contributed by atoms with van der Waals surface area (Å²) >= 11 is 0. The van der Waals surface area contributed by atoms with E-state index >= 15 is 0 Å². The fraction of sp³-hybridized carbons (Fsp3) is 0.304. The molecule has 9 nitrogen and oxygen atoms in total. The van der Waals surface area contributed by atoms with Gasteiger partial charge in [0, 0.05) is 32.5 Å². The highest BCUT2D eigenvalue weighted by atomic mass is 16.5. The number of carboxylic acids is 1. The number of amides is 1. The molecule has 2 heterocycles. The first-order valence-electron chi connectivity index (χ1n) is 10.2. The summed E-state index contributed by atoms with van der Waals surface area (Å²) in [5.41, 5.74) is 1.76. The summed E-state index contributed by atoms with van der Waals surface area (Å²) in [7, 11) is 1.82. The van der Waals surface area contributed by atoms with Crippen LogP contribution < -0.4 is 15.4 Å². The summed E-state index contributed by atoms with van der Waals surface area (Å²) in [4.78, 5) is 32.5. The van der Waals surface area contributed by atoms with E-state index in [4.69, 9.17) is 9.15 Å². The molecule has 0 spiro atoms. The molecule has 32 heavy (non-hydrogen) atoms. The van der Waals surface area contributed by atoms with E-state index in [0.29, 0.717) is 30.4 Å². The van der Waals surface area contributed by atoms with Gasteiger partial charge in [0.25, 0.3) is 5.91 Å². The minimum atomic E-state index is -1.13. The average Bonchev–Trinajstić information content (AvgIpc) is 3.12. The number of oxazole rings is 1. The van der Waals surface area contributed by atoms with Crippen molar-refractivity contribution in [1.29, 1.82) is 0 Å². The number of hydrogen-bond donors (Lipinski definition) is 3. The number of rotatable bonds is 10. The van der Waals surface area contributed by atoms with Crippen LogP contribution in [0.25, 0.3) is 0 Å². The lowest BCUT2D eigenvalue weighted by atomic mass is 10.1. The van der Waals surface area contributed by atoms with Crippen molar-refractivity contribution < 1.29 is 23.8 Å². The van der Waals surface area contributed by atoms with Crippen molar-refractivity contribution in [3.05, 3.63) is 71.1 Å². The van der Waals surface area contributed by atoms with Crippen molar-refractivity contribution in [1.82, 2.24) is 15.3 Å². The number of anilines is 1. The van der Waals surface area contributed by atoms with Crippen LogP contribution in [0.5, 0.6) is 5.75 Å². The molecule has 2 aromatic heterocycles. The molecule has 1 aromatic carbocycles. The number of aromatic nitrogens is 2. The van der Waals surface area contributed by atoms with E-state index in [2.05, 4.69) is 20.6 Å². The third-order valence-corrected chi connectivity index (χ3v) is 4.78. The van der Waals surface area contributed by atoms with Gasteiger partial charge in [0.05, 0.1) is 6.61 Å². The maximum absolute atomic E-state index is 12.4. The predicted molar refractivity (Wildman–Crippen MR) is 118 cm³/mol. The van der Waals surface area contributed by atoms with E-state index in [1.165, 1.54) is 0 Å². The van der Waals surface area contributed by atoms with E-state index in [1.54, 1.807) is 38.1 Å². The number of ether oxygens (including phenoxy) is 1. The summed E-state index contributed by atoms with van der Waals surface area (Å²) < 4.78 is 11.0. The first kappa shape index (κ1) is 22.8. The van der Waals surface area contributed by atoms with Gasteiger partial charge in [-0.05, 0) is 36.8 Å². The van der Waals surface area contributed by atoms with Crippen LogP contribution in [0.1, 0.15) is 33.4 Å².